The maximum absolute atomic E-state index is 13.9. The molecular weight excluding hydrogens is 333 g/mol. The zero-order chi connectivity index (χ0) is 17.1. The molecule has 1 atom stereocenters. The number of aromatic nitrogens is 2. The van der Waals surface area contributed by atoms with E-state index in [4.69, 9.17) is 0 Å². The number of para-hydroxylation sites is 1. The van der Waals surface area contributed by atoms with Crippen LogP contribution in [0.15, 0.2) is 65.8 Å². The molecule has 3 aromatic rings. The van der Waals surface area contributed by atoms with E-state index in [0.717, 1.165) is 41.3 Å². The topological polar surface area (TPSA) is 29.9 Å². The maximum Gasteiger partial charge on any atom is 0.137 e. The molecule has 0 saturated heterocycles. The summed E-state index contributed by atoms with van der Waals surface area (Å²) >= 11 is 1.62. The molecule has 0 bridgehead atoms. The number of thioether (sulfide) groups is 1. The number of nitrogens with zero attached hydrogens (tertiary/aromatic N) is 2. The van der Waals surface area contributed by atoms with Crippen LogP contribution in [0.2, 0.25) is 0 Å². The predicted molar refractivity (Wildman–Crippen MR) is 99.8 cm³/mol. The van der Waals surface area contributed by atoms with Gasteiger partial charge in [-0.25, -0.2) is 9.07 Å². The first kappa shape index (κ1) is 16.4. The van der Waals surface area contributed by atoms with E-state index in [1.807, 2.05) is 47.3 Å². The molecule has 2 aromatic carbocycles. The van der Waals surface area contributed by atoms with Gasteiger partial charge in [0.05, 0.1) is 11.9 Å². The molecule has 1 aliphatic rings. The number of hydrogen-bond donors (Lipinski definition) is 1. The Hall–Kier alpha value is -2.11. The summed E-state index contributed by atoms with van der Waals surface area (Å²) in [4.78, 5) is 0.808. The minimum atomic E-state index is -0.0989. The van der Waals surface area contributed by atoms with E-state index in [1.165, 1.54) is 5.56 Å². The van der Waals surface area contributed by atoms with Crippen molar-refractivity contribution in [1.82, 2.24) is 15.1 Å². The van der Waals surface area contributed by atoms with Crippen LogP contribution in [0.1, 0.15) is 23.6 Å². The zero-order valence-corrected chi connectivity index (χ0v) is 14.7. The second-order valence-electron chi connectivity index (χ2n) is 6.18. The third-order valence-corrected chi connectivity index (χ3v) is 5.65. The maximum atomic E-state index is 13.9. The molecule has 0 saturated carbocycles. The molecule has 4 rings (SSSR count). The molecule has 0 aliphatic carbocycles. The summed E-state index contributed by atoms with van der Waals surface area (Å²) in [5, 5.41) is 8.02. The van der Waals surface area contributed by atoms with Gasteiger partial charge in [0.15, 0.2) is 0 Å². The highest BCUT2D eigenvalue weighted by Crippen LogP contribution is 2.37. The van der Waals surface area contributed by atoms with Crippen LogP contribution in [0, 0.1) is 5.82 Å². The van der Waals surface area contributed by atoms with E-state index >= 15 is 0 Å². The lowest BCUT2D eigenvalue weighted by Crippen LogP contribution is -2.26. The van der Waals surface area contributed by atoms with Gasteiger partial charge in [-0.05, 0) is 54.5 Å². The van der Waals surface area contributed by atoms with E-state index in [2.05, 4.69) is 16.6 Å². The Morgan fingerprint density at radius 1 is 1.16 bits per heavy atom. The molecule has 1 aromatic heterocycles. The summed E-state index contributed by atoms with van der Waals surface area (Å²) in [6, 6.07) is 15.7. The van der Waals surface area contributed by atoms with Gasteiger partial charge in [-0.3, -0.25) is 0 Å². The number of hydrogen-bond acceptors (Lipinski definition) is 3. The van der Waals surface area contributed by atoms with E-state index in [0.29, 0.717) is 0 Å². The molecule has 3 nitrogen and oxygen atoms in total. The molecule has 128 valence electrons. The van der Waals surface area contributed by atoms with E-state index in [-0.39, 0.29) is 11.9 Å². The second kappa shape index (κ2) is 7.42. The summed E-state index contributed by atoms with van der Waals surface area (Å²) in [7, 11) is 0. The average molecular weight is 353 g/mol. The minimum Gasteiger partial charge on any atom is -0.310 e. The summed E-state index contributed by atoms with van der Waals surface area (Å²) in [5.74, 6) is 0.857. The molecule has 2 heterocycles. The molecule has 1 unspecified atom stereocenters. The van der Waals surface area contributed by atoms with Crippen molar-refractivity contribution in [3.8, 4) is 5.69 Å². The molecular formula is C20H20FN3S. The molecule has 0 spiro atoms. The second-order valence-corrected chi connectivity index (χ2v) is 7.29. The fraction of sp³-hybridized carbons (Fsp3) is 0.250. The third kappa shape index (κ3) is 3.62. The summed E-state index contributed by atoms with van der Waals surface area (Å²) in [6.45, 7) is 0.853. The van der Waals surface area contributed by atoms with Crippen LogP contribution in [-0.2, 0) is 6.42 Å². The van der Waals surface area contributed by atoms with Crippen molar-refractivity contribution in [3.63, 3.8) is 0 Å². The number of nitrogens with one attached hydrogen (secondary N) is 1. The molecule has 1 N–H and O–H groups in total. The quantitative estimate of drug-likeness (QED) is 0.738. The van der Waals surface area contributed by atoms with Crippen LogP contribution < -0.4 is 5.32 Å². The van der Waals surface area contributed by atoms with Crippen LogP contribution in [0.3, 0.4) is 0 Å². The van der Waals surface area contributed by atoms with Gasteiger partial charge in [-0.15, -0.1) is 11.8 Å². The van der Waals surface area contributed by atoms with Gasteiger partial charge in [-0.1, -0.05) is 30.3 Å². The van der Waals surface area contributed by atoms with Gasteiger partial charge in [0, 0.05) is 17.1 Å². The van der Waals surface area contributed by atoms with Crippen LogP contribution in [0.4, 0.5) is 4.39 Å². The standard InChI is InChI=1S/C20H20FN3S/c21-18-8-4-7-17-19(10-12-25-20(17)18)22-11-9-15-13-23-24(14-15)16-5-2-1-3-6-16/h1-8,13-14,19,22H,9-12H2. The number of rotatable bonds is 5. The Labute approximate surface area is 151 Å². The van der Waals surface area contributed by atoms with Crippen molar-refractivity contribution < 1.29 is 4.39 Å². The monoisotopic (exact) mass is 353 g/mol. The number of fused-ring (bicyclic) bond motifs is 1. The molecule has 5 heteroatoms. The first-order valence-corrected chi connectivity index (χ1v) is 9.53. The Kier molecular flexibility index (Phi) is 4.85. The van der Waals surface area contributed by atoms with Gasteiger partial charge >= 0.3 is 0 Å². The van der Waals surface area contributed by atoms with Gasteiger partial charge in [0.2, 0.25) is 0 Å². The Balaban J connectivity index is 1.38. The van der Waals surface area contributed by atoms with Crippen molar-refractivity contribution in [1.29, 1.82) is 0 Å². The molecule has 0 radical (unpaired) electrons. The first-order valence-electron chi connectivity index (χ1n) is 8.55. The molecule has 0 fully saturated rings. The lowest BCUT2D eigenvalue weighted by atomic mass is 10.0. The van der Waals surface area contributed by atoms with E-state index < -0.39 is 0 Å². The Morgan fingerprint density at radius 2 is 2.04 bits per heavy atom. The largest absolute Gasteiger partial charge is 0.310 e. The lowest BCUT2D eigenvalue weighted by molar-refractivity contribution is 0.500. The highest BCUT2D eigenvalue weighted by atomic mass is 32.2. The highest BCUT2D eigenvalue weighted by molar-refractivity contribution is 7.99. The highest BCUT2D eigenvalue weighted by Gasteiger charge is 2.22. The fourth-order valence-corrected chi connectivity index (χ4v) is 4.34. The SMILES string of the molecule is Fc1cccc2c1SCCC2NCCc1cnn(-c2ccccc2)c1. The predicted octanol–water partition coefficient (Wildman–Crippen LogP) is 4.38. The zero-order valence-electron chi connectivity index (χ0n) is 13.9. The van der Waals surface area contributed by atoms with Gasteiger partial charge in [0.25, 0.3) is 0 Å². The van der Waals surface area contributed by atoms with Gasteiger partial charge in [0.1, 0.15) is 5.82 Å². The van der Waals surface area contributed by atoms with Gasteiger partial charge < -0.3 is 5.32 Å². The van der Waals surface area contributed by atoms with Crippen molar-refractivity contribution in [2.45, 2.75) is 23.8 Å². The van der Waals surface area contributed by atoms with E-state index in [1.54, 1.807) is 23.9 Å². The average Bonchev–Trinajstić information content (AvgIpc) is 3.12. The van der Waals surface area contributed by atoms with Crippen LogP contribution in [-0.4, -0.2) is 22.1 Å². The van der Waals surface area contributed by atoms with Crippen LogP contribution >= 0.6 is 11.8 Å². The summed E-state index contributed by atoms with van der Waals surface area (Å²) in [5.41, 5.74) is 3.35. The molecule has 0 amide bonds. The number of halogens is 1. The fourth-order valence-electron chi connectivity index (χ4n) is 3.20. The van der Waals surface area contributed by atoms with Crippen molar-refractivity contribution in [3.05, 3.63) is 77.9 Å². The summed E-state index contributed by atoms with van der Waals surface area (Å²) in [6.07, 6.45) is 5.92. The number of benzene rings is 2. The van der Waals surface area contributed by atoms with Crippen molar-refractivity contribution in [2.75, 3.05) is 12.3 Å². The van der Waals surface area contributed by atoms with Crippen LogP contribution in [0.5, 0.6) is 0 Å². The lowest BCUT2D eigenvalue weighted by Gasteiger charge is -2.26. The summed E-state index contributed by atoms with van der Waals surface area (Å²) < 4.78 is 15.8. The normalized spacial score (nSPS) is 16.6. The first-order chi connectivity index (χ1) is 12.3. The molecule has 25 heavy (non-hydrogen) atoms. The van der Waals surface area contributed by atoms with Crippen molar-refractivity contribution >= 4 is 11.8 Å². The van der Waals surface area contributed by atoms with Crippen molar-refractivity contribution in [2.24, 2.45) is 0 Å². The molecule has 1 aliphatic heterocycles. The van der Waals surface area contributed by atoms with Crippen LogP contribution in [0.25, 0.3) is 5.69 Å². The Bertz CT molecular complexity index is 847. The smallest absolute Gasteiger partial charge is 0.137 e. The van der Waals surface area contributed by atoms with E-state index in [9.17, 15) is 4.39 Å². The third-order valence-electron chi connectivity index (χ3n) is 4.49. The van der Waals surface area contributed by atoms with Gasteiger partial charge in [-0.2, -0.15) is 5.10 Å². The minimum absolute atomic E-state index is 0.0989. The Morgan fingerprint density at radius 3 is 2.92 bits per heavy atom.